The van der Waals surface area contributed by atoms with E-state index in [0.29, 0.717) is 17.2 Å². The van der Waals surface area contributed by atoms with E-state index in [-0.39, 0.29) is 0 Å². The van der Waals surface area contributed by atoms with Crippen molar-refractivity contribution in [3.8, 4) is 0 Å². The van der Waals surface area contributed by atoms with Gasteiger partial charge >= 0.3 is 0 Å². The zero-order valence-electron chi connectivity index (χ0n) is 13.5. The van der Waals surface area contributed by atoms with Crippen LogP contribution in [0.3, 0.4) is 0 Å². The highest BCUT2D eigenvalue weighted by atomic mass is 16.2. The van der Waals surface area contributed by atoms with Gasteiger partial charge < -0.3 is 4.90 Å². The fourth-order valence-electron chi connectivity index (χ4n) is 3.39. The van der Waals surface area contributed by atoms with Gasteiger partial charge in [-0.3, -0.25) is 4.79 Å². The van der Waals surface area contributed by atoms with Crippen LogP contribution in [0.1, 0.15) is 66.7 Å². The van der Waals surface area contributed by atoms with Gasteiger partial charge in [0, 0.05) is 20.0 Å². The van der Waals surface area contributed by atoms with Crippen LogP contribution in [0, 0.1) is 17.3 Å². The van der Waals surface area contributed by atoms with Crippen LogP contribution in [0.15, 0.2) is 0 Å². The second-order valence-electron chi connectivity index (χ2n) is 5.69. The number of hydrogen-bond donors (Lipinski definition) is 0. The van der Waals surface area contributed by atoms with Crippen molar-refractivity contribution in [3.05, 3.63) is 0 Å². The third-order valence-electron chi connectivity index (χ3n) is 4.10. The first-order chi connectivity index (χ1) is 8.52. The Bertz CT molecular complexity index is 241. The molecule has 0 radical (unpaired) electrons. The first-order valence-corrected chi connectivity index (χ1v) is 7.74. The molecule has 0 bridgehead atoms. The van der Waals surface area contributed by atoms with E-state index in [4.69, 9.17) is 0 Å². The highest BCUT2D eigenvalue weighted by Crippen LogP contribution is 2.57. The molecule has 0 aromatic carbocycles. The fraction of sp³-hybridized carbons (Fsp3) is 0.938. The molecule has 0 aromatic rings. The van der Waals surface area contributed by atoms with Crippen LogP contribution in [-0.2, 0) is 4.79 Å². The van der Waals surface area contributed by atoms with Crippen molar-refractivity contribution in [2.75, 3.05) is 14.1 Å². The lowest BCUT2D eigenvalue weighted by Gasteiger charge is -2.45. The number of carbonyl (C=O) groups is 1. The van der Waals surface area contributed by atoms with Gasteiger partial charge in [-0.1, -0.05) is 41.0 Å². The number of hydrogen-bond acceptors (Lipinski definition) is 1. The monoisotopic (exact) mass is 255 g/mol. The minimum absolute atomic E-state index is 0.343. The van der Waals surface area contributed by atoms with Crippen molar-refractivity contribution < 1.29 is 4.79 Å². The van der Waals surface area contributed by atoms with Crippen molar-refractivity contribution in [2.45, 2.75) is 66.7 Å². The average molecular weight is 255 g/mol. The van der Waals surface area contributed by atoms with E-state index in [1.807, 2.05) is 41.8 Å². The molecule has 0 N–H and O–H groups in total. The predicted octanol–water partition coefficient (Wildman–Crippen LogP) is 4.34. The maximum Gasteiger partial charge on any atom is 0.225 e. The van der Waals surface area contributed by atoms with E-state index in [1.54, 1.807) is 4.90 Å². The van der Waals surface area contributed by atoms with Crippen molar-refractivity contribution >= 4 is 5.91 Å². The maximum absolute atomic E-state index is 11.7. The van der Waals surface area contributed by atoms with Crippen molar-refractivity contribution in [3.63, 3.8) is 0 Å². The summed E-state index contributed by atoms with van der Waals surface area (Å²) in [5.74, 6) is 1.58. The Morgan fingerprint density at radius 1 is 1.06 bits per heavy atom. The van der Waals surface area contributed by atoms with Crippen LogP contribution in [0.5, 0.6) is 0 Å². The Labute approximate surface area is 114 Å². The van der Waals surface area contributed by atoms with E-state index in [0.717, 1.165) is 18.8 Å². The lowest BCUT2D eigenvalue weighted by molar-refractivity contribution is -0.140. The molecule has 2 rings (SSSR count). The maximum atomic E-state index is 11.7. The molecule has 0 aromatic heterocycles. The molecule has 1 unspecified atom stereocenters. The summed E-state index contributed by atoms with van der Waals surface area (Å²) in [6.45, 7) is 10.3. The Morgan fingerprint density at radius 2 is 1.56 bits per heavy atom. The standard InChI is InChI=1S/C12H21NO.2C2H6/c1-9-4-5-12(6-9)7-10(8-12)11(14)13(2)3;2*1-2/h9-10H,4-8H2,1-3H3;2*1-2H3. The molecule has 2 aliphatic carbocycles. The largest absolute Gasteiger partial charge is 0.349 e. The van der Waals surface area contributed by atoms with Gasteiger partial charge in [0.05, 0.1) is 0 Å². The molecule has 2 heteroatoms. The average Bonchev–Trinajstić information content (AvgIpc) is 2.74. The topological polar surface area (TPSA) is 20.3 Å². The molecule has 0 aliphatic heterocycles. The number of amides is 1. The summed E-state index contributed by atoms with van der Waals surface area (Å²) in [5.41, 5.74) is 0.579. The summed E-state index contributed by atoms with van der Waals surface area (Å²) >= 11 is 0. The van der Waals surface area contributed by atoms with Gasteiger partial charge in [0.2, 0.25) is 5.91 Å². The molecule has 0 heterocycles. The Hall–Kier alpha value is -0.530. The first-order valence-electron chi connectivity index (χ1n) is 7.74. The normalized spacial score (nSPS) is 32.6. The summed E-state index contributed by atoms with van der Waals surface area (Å²) in [5, 5.41) is 0. The van der Waals surface area contributed by atoms with E-state index in [9.17, 15) is 4.79 Å². The predicted molar refractivity (Wildman–Crippen MR) is 79.6 cm³/mol. The van der Waals surface area contributed by atoms with Crippen LogP contribution in [0.2, 0.25) is 0 Å². The second kappa shape index (κ2) is 7.81. The highest BCUT2D eigenvalue weighted by Gasteiger charge is 2.50. The minimum atomic E-state index is 0.343. The molecule has 2 nitrogen and oxygen atoms in total. The molecule has 1 amide bonds. The van der Waals surface area contributed by atoms with Gasteiger partial charge in [-0.2, -0.15) is 0 Å². The molecule has 2 fully saturated rings. The first kappa shape index (κ1) is 17.5. The van der Waals surface area contributed by atoms with Crippen LogP contribution in [-0.4, -0.2) is 24.9 Å². The van der Waals surface area contributed by atoms with Crippen LogP contribution in [0.25, 0.3) is 0 Å². The summed E-state index contributed by atoms with van der Waals surface area (Å²) in [6, 6.07) is 0. The van der Waals surface area contributed by atoms with Crippen molar-refractivity contribution in [1.82, 2.24) is 4.90 Å². The molecule has 108 valence electrons. The Morgan fingerprint density at radius 3 is 1.89 bits per heavy atom. The third kappa shape index (κ3) is 4.00. The van der Waals surface area contributed by atoms with Crippen LogP contribution >= 0.6 is 0 Å². The SMILES string of the molecule is CC.CC.CC1CCC2(C1)CC(C(=O)N(C)C)C2. The third-order valence-corrected chi connectivity index (χ3v) is 4.10. The van der Waals surface area contributed by atoms with Gasteiger partial charge in [0.15, 0.2) is 0 Å². The zero-order chi connectivity index (χ0) is 14.3. The summed E-state index contributed by atoms with van der Waals surface area (Å²) < 4.78 is 0. The van der Waals surface area contributed by atoms with Crippen molar-refractivity contribution in [2.24, 2.45) is 17.3 Å². The molecule has 2 aliphatic rings. The van der Waals surface area contributed by atoms with Gasteiger partial charge in [-0.15, -0.1) is 0 Å². The van der Waals surface area contributed by atoms with Gasteiger partial charge in [-0.25, -0.2) is 0 Å². The number of rotatable bonds is 1. The smallest absolute Gasteiger partial charge is 0.225 e. The molecular weight excluding hydrogens is 222 g/mol. The van der Waals surface area contributed by atoms with E-state index < -0.39 is 0 Å². The summed E-state index contributed by atoms with van der Waals surface area (Å²) in [4.78, 5) is 13.4. The molecular formula is C16H33NO. The molecule has 2 saturated carbocycles. The minimum Gasteiger partial charge on any atom is -0.349 e. The Kier molecular flexibility index (Phi) is 7.58. The van der Waals surface area contributed by atoms with Crippen LogP contribution < -0.4 is 0 Å². The zero-order valence-corrected chi connectivity index (χ0v) is 13.5. The lowest BCUT2D eigenvalue weighted by atomic mass is 9.60. The van der Waals surface area contributed by atoms with E-state index in [2.05, 4.69) is 6.92 Å². The van der Waals surface area contributed by atoms with E-state index in [1.165, 1.54) is 19.3 Å². The van der Waals surface area contributed by atoms with E-state index >= 15 is 0 Å². The quantitative estimate of drug-likeness (QED) is 0.682. The second-order valence-corrected chi connectivity index (χ2v) is 5.69. The van der Waals surface area contributed by atoms with Crippen molar-refractivity contribution in [1.29, 1.82) is 0 Å². The number of carbonyl (C=O) groups excluding carboxylic acids is 1. The molecule has 1 spiro atoms. The molecule has 0 saturated heterocycles. The van der Waals surface area contributed by atoms with Gasteiger partial charge in [-0.05, 0) is 37.0 Å². The summed E-state index contributed by atoms with van der Waals surface area (Å²) in [7, 11) is 3.73. The summed E-state index contributed by atoms with van der Waals surface area (Å²) in [6.07, 6.45) is 6.43. The fourth-order valence-corrected chi connectivity index (χ4v) is 3.39. The van der Waals surface area contributed by atoms with Crippen LogP contribution in [0.4, 0.5) is 0 Å². The Balaban J connectivity index is 0.000000659. The number of nitrogens with zero attached hydrogens (tertiary/aromatic N) is 1. The highest BCUT2D eigenvalue weighted by molar-refractivity contribution is 5.79. The van der Waals surface area contributed by atoms with Gasteiger partial charge in [0.1, 0.15) is 0 Å². The lowest BCUT2D eigenvalue weighted by Crippen LogP contribution is -2.43. The van der Waals surface area contributed by atoms with Gasteiger partial charge in [0.25, 0.3) is 0 Å². The molecule has 1 atom stereocenters. The molecule has 18 heavy (non-hydrogen) atoms.